The van der Waals surface area contributed by atoms with E-state index < -0.39 is 17.6 Å². The summed E-state index contributed by atoms with van der Waals surface area (Å²) in [5.74, 6) is 0. The molecule has 0 aliphatic carbocycles. The molecule has 1 amide bonds. The molecule has 5 heteroatoms. The largest absolute Gasteiger partial charge is 0.465 e. The van der Waals surface area contributed by atoms with Crippen molar-refractivity contribution in [1.29, 1.82) is 5.26 Å². The molecule has 1 atom stereocenters. The van der Waals surface area contributed by atoms with Gasteiger partial charge in [-0.25, -0.2) is 4.79 Å². The summed E-state index contributed by atoms with van der Waals surface area (Å²) in [4.78, 5) is 23.7. The SMILES string of the molecule is CC(C)(C)C(C=O)N(C(=O)O)c1ccc(C#N)cc1. The third-order valence-corrected chi connectivity index (χ3v) is 2.78. The summed E-state index contributed by atoms with van der Waals surface area (Å²) in [7, 11) is 0. The third-order valence-electron chi connectivity index (χ3n) is 2.78. The Morgan fingerprint density at radius 1 is 1.37 bits per heavy atom. The molecule has 0 heterocycles. The molecule has 1 N–H and O–H groups in total. The normalized spacial score (nSPS) is 12.3. The Labute approximate surface area is 112 Å². The fourth-order valence-corrected chi connectivity index (χ4v) is 1.74. The highest BCUT2D eigenvalue weighted by Gasteiger charge is 2.34. The van der Waals surface area contributed by atoms with Gasteiger partial charge >= 0.3 is 6.09 Å². The Hall–Kier alpha value is -2.35. The molecular formula is C14H16N2O3. The number of anilines is 1. The van der Waals surface area contributed by atoms with Crippen LogP contribution in [0.4, 0.5) is 10.5 Å². The average Bonchev–Trinajstić information content (AvgIpc) is 2.34. The Morgan fingerprint density at radius 2 is 1.89 bits per heavy atom. The van der Waals surface area contributed by atoms with Gasteiger partial charge in [0.25, 0.3) is 0 Å². The first-order valence-electron chi connectivity index (χ1n) is 5.79. The van der Waals surface area contributed by atoms with Crippen LogP contribution in [0, 0.1) is 16.7 Å². The third kappa shape index (κ3) is 3.32. The van der Waals surface area contributed by atoms with Crippen molar-refractivity contribution < 1.29 is 14.7 Å². The summed E-state index contributed by atoms with van der Waals surface area (Å²) >= 11 is 0. The maximum Gasteiger partial charge on any atom is 0.412 e. The van der Waals surface area contributed by atoms with Crippen molar-refractivity contribution in [2.75, 3.05) is 4.90 Å². The van der Waals surface area contributed by atoms with Crippen molar-refractivity contribution in [2.45, 2.75) is 26.8 Å². The first-order valence-corrected chi connectivity index (χ1v) is 5.79. The van der Waals surface area contributed by atoms with Gasteiger partial charge in [-0.05, 0) is 29.7 Å². The summed E-state index contributed by atoms with van der Waals surface area (Å²) in [5, 5.41) is 18.0. The lowest BCUT2D eigenvalue weighted by Crippen LogP contribution is -2.48. The zero-order valence-corrected chi connectivity index (χ0v) is 11.1. The van der Waals surface area contributed by atoms with Crippen molar-refractivity contribution in [3.8, 4) is 6.07 Å². The van der Waals surface area contributed by atoms with Crippen LogP contribution in [-0.4, -0.2) is 23.5 Å². The Morgan fingerprint density at radius 3 is 2.21 bits per heavy atom. The van der Waals surface area contributed by atoms with E-state index in [9.17, 15) is 14.7 Å². The van der Waals surface area contributed by atoms with E-state index in [0.717, 1.165) is 4.90 Å². The van der Waals surface area contributed by atoms with Crippen molar-refractivity contribution in [2.24, 2.45) is 5.41 Å². The number of aldehydes is 1. The lowest BCUT2D eigenvalue weighted by atomic mass is 9.86. The van der Waals surface area contributed by atoms with E-state index >= 15 is 0 Å². The molecule has 0 radical (unpaired) electrons. The first kappa shape index (κ1) is 14.7. The standard InChI is InChI=1S/C14H16N2O3/c1-14(2,3)12(9-17)16(13(18)19)11-6-4-10(8-15)5-7-11/h4-7,9,12H,1-3H3,(H,18,19). The van der Waals surface area contributed by atoms with E-state index in [1.807, 2.05) is 6.07 Å². The molecule has 100 valence electrons. The molecule has 1 unspecified atom stereocenters. The van der Waals surface area contributed by atoms with Crippen molar-refractivity contribution in [3.63, 3.8) is 0 Å². The molecule has 1 rings (SSSR count). The van der Waals surface area contributed by atoms with Gasteiger partial charge in [-0.15, -0.1) is 0 Å². The quantitative estimate of drug-likeness (QED) is 0.847. The van der Waals surface area contributed by atoms with Crippen LogP contribution in [0.1, 0.15) is 26.3 Å². The van der Waals surface area contributed by atoms with Gasteiger partial charge in [-0.3, -0.25) is 4.90 Å². The summed E-state index contributed by atoms with van der Waals surface area (Å²) in [6.45, 7) is 5.39. The van der Waals surface area contributed by atoms with Gasteiger partial charge in [-0.1, -0.05) is 20.8 Å². The zero-order valence-electron chi connectivity index (χ0n) is 11.1. The highest BCUT2D eigenvalue weighted by atomic mass is 16.4. The molecule has 0 spiro atoms. The predicted molar refractivity (Wildman–Crippen MR) is 71.0 cm³/mol. The lowest BCUT2D eigenvalue weighted by Gasteiger charge is -2.34. The average molecular weight is 260 g/mol. The maximum atomic E-state index is 11.4. The van der Waals surface area contributed by atoms with Crippen LogP contribution in [0.5, 0.6) is 0 Å². The van der Waals surface area contributed by atoms with Crippen LogP contribution in [0.25, 0.3) is 0 Å². The van der Waals surface area contributed by atoms with Gasteiger partial charge in [0.05, 0.1) is 11.6 Å². The van der Waals surface area contributed by atoms with Crippen molar-refractivity contribution in [3.05, 3.63) is 29.8 Å². The number of nitrogens with zero attached hydrogens (tertiary/aromatic N) is 2. The van der Waals surface area contributed by atoms with Crippen LogP contribution in [0.3, 0.4) is 0 Å². The van der Waals surface area contributed by atoms with Crippen LogP contribution in [-0.2, 0) is 4.79 Å². The number of carbonyl (C=O) groups excluding carboxylic acids is 1. The van der Waals surface area contributed by atoms with Crippen LogP contribution in [0.15, 0.2) is 24.3 Å². The second kappa shape index (κ2) is 5.53. The number of hydrogen-bond acceptors (Lipinski definition) is 3. The number of benzene rings is 1. The minimum atomic E-state index is -1.20. The summed E-state index contributed by atoms with van der Waals surface area (Å²) < 4.78 is 0. The molecule has 1 aromatic rings. The molecular weight excluding hydrogens is 244 g/mol. The Bertz CT molecular complexity index is 509. The van der Waals surface area contributed by atoms with E-state index in [0.29, 0.717) is 17.5 Å². The zero-order chi connectivity index (χ0) is 14.6. The van der Waals surface area contributed by atoms with Gasteiger partial charge < -0.3 is 9.90 Å². The lowest BCUT2D eigenvalue weighted by molar-refractivity contribution is -0.110. The van der Waals surface area contributed by atoms with Gasteiger partial charge in [0, 0.05) is 5.69 Å². The Balaban J connectivity index is 3.23. The summed E-state index contributed by atoms with van der Waals surface area (Å²) in [6.07, 6.45) is -0.566. The van der Waals surface area contributed by atoms with E-state index in [-0.39, 0.29) is 0 Å². The van der Waals surface area contributed by atoms with E-state index in [1.54, 1.807) is 20.8 Å². The minimum Gasteiger partial charge on any atom is -0.465 e. The number of carboxylic acid groups (broad SMARTS) is 1. The second-order valence-corrected chi connectivity index (χ2v) is 5.26. The molecule has 19 heavy (non-hydrogen) atoms. The maximum absolute atomic E-state index is 11.4. The number of rotatable bonds is 3. The summed E-state index contributed by atoms with van der Waals surface area (Å²) in [6, 6.07) is 7.26. The van der Waals surface area contributed by atoms with E-state index in [2.05, 4.69) is 0 Å². The predicted octanol–water partition coefficient (Wildman–Crippen LogP) is 2.66. The van der Waals surface area contributed by atoms with Gasteiger partial charge in [-0.2, -0.15) is 5.26 Å². The van der Waals surface area contributed by atoms with Crippen LogP contribution >= 0.6 is 0 Å². The molecule has 0 saturated carbocycles. The molecule has 1 aromatic carbocycles. The van der Waals surface area contributed by atoms with Gasteiger partial charge in [0.1, 0.15) is 12.3 Å². The van der Waals surface area contributed by atoms with E-state index in [1.165, 1.54) is 24.3 Å². The number of amides is 1. The van der Waals surface area contributed by atoms with Crippen molar-refractivity contribution in [1.82, 2.24) is 0 Å². The molecule has 0 aliphatic rings. The van der Waals surface area contributed by atoms with Crippen LogP contribution < -0.4 is 4.90 Å². The fourth-order valence-electron chi connectivity index (χ4n) is 1.74. The van der Waals surface area contributed by atoms with Crippen LogP contribution in [0.2, 0.25) is 0 Å². The number of carbonyl (C=O) groups is 2. The fraction of sp³-hybridized carbons (Fsp3) is 0.357. The molecule has 0 aliphatic heterocycles. The molecule has 0 saturated heterocycles. The summed E-state index contributed by atoms with van der Waals surface area (Å²) in [5.41, 5.74) is 0.291. The molecule has 0 bridgehead atoms. The number of hydrogen-bond donors (Lipinski definition) is 1. The molecule has 0 fully saturated rings. The van der Waals surface area contributed by atoms with Gasteiger partial charge in [0.2, 0.25) is 0 Å². The van der Waals surface area contributed by atoms with Gasteiger partial charge in [0.15, 0.2) is 0 Å². The van der Waals surface area contributed by atoms with E-state index in [4.69, 9.17) is 5.26 Å². The highest BCUT2D eigenvalue weighted by Crippen LogP contribution is 2.28. The smallest absolute Gasteiger partial charge is 0.412 e. The minimum absolute atomic E-state index is 0.374. The first-order chi connectivity index (χ1) is 8.81. The topological polar surface area (TPSA) is 81.4 Å². The highest BCUT2D eigenvalue weighted by molar-refractivity contribution is 5.91. The molecule has 5 nitrogen and oxygen atoms in total. The number of nitriles is 1. The monoisotopic (exact) mass is 260 g/mol. The van der Waals surface area contributed by atoms with Crippen molar-refractivity contribution >= 4 is 18.1 Å². The second-order valence-electron chi connectivity index (χ2n) is 5.26. The molecule has 0 aromatic heterocycles. The Kier molecular flexibility index (Phi) is 4.28.